The second-order valence-electron chi connectivity index (χ2n) is 11.6. The third kappa shape index (κ3) is 5.07. The van der Waals surface area contributed by atoms with Crippen LogP contribution in [0, 0.1) is 0 Å². The molecule has 9 nitrogen and oxygen atoms in total. The van der Waals surface area contributed by atoms with Gasteiger partial charge in [-0.15, -0.1) is 0 Å². The summed E-state index contributed by atoms with van der Waals surface area (Å²) in [7, 11) is 0. The Morgan fingerprint density at radius 3 is 2.52 bits per heavy atom. The number of carbonyl (C=O) groups is 2. The summed E-state index contributed by atoms with van der Waals surface area (Å²) >= 11 is 0. The Hall–Kier alpha value is -3.12. The van der Waals surface area contributed by atoms with Crippen LogP contribution in [0.3, 0.4) is 0 Å². The van der Waals surface area contributed by atoms with Gasteiger partial charge in [0, 0.05) is 62.7 Å². The number of amides is 1. The summed E-state index contributed by atoms with van der Waals surface area (Å²) < 4.78 is 42.3. The molecule has 1 N–H and O–H groups in total. The van der Waals surface area contributed by atoms with E-state index in [1.54, 1.807) is 11.0 Å². The summed E-state index contributed by atoms with van der Waals surface area (Å²) in [4.78, 5) is 32.8. The Morgan fingerprint density at radius 2 is 1.80 bits per heavy atom. The molecular weight excluding hydrogens is 525 g/mol. The van der Waals surface area contributed by atoms with Crippen molar-refractivity contribution in [3.05, 3.63) is 47.3 Å². The molecule has 0 unspecified atom stereocenters. The quantitative estimate of drug-likeness (QED) is 0.606. The lowest BCUT2D eigenvalue weighted by Gasteiger charge is -2.45. The molecule has 216 valence electrons. The van der Waals surface area contributed by atoms with E-state index in [1.807, 2.05) is 0 Å². The SMILES string of the molecule is O=C(O)c1ccn(C(=O)N2CCC3(CCCN3Cc3ccc(C(F)(F)F)cc3N3CCN4CCC[C@@H]4C3)CC2)n1. The standard InChI is InChI=1S/C28H35F3N6O3/c29-28(30,31)21-5-4-20(24(17-21)35-16-15-33-10-1-3-22(33)19-35)18-36-11-2-7-27(36)8-13-34(14-9-27)26(40)37-12-6-23(32-37)25(38)39/h4-6,12,17,22H,1-3,7-11,13-16,18-19H2,(H,38,39)/t22-/m1/s1. The van der Waals surface area contributed by atoms with Crippen molar-refractivity contribution in [2.45, 2.75) is 62.8 Å². The van der Waals surface area contributed by atoms with Crippen LogP contribution in [0.2, 0.25) is 0 Å². The van der Waals surface area contributed by atoms with E-state index in [0.717, 1.165) is 81.5 Å². The van der Waals surface area contributed by atoms with Gasteiger partial charge in [0.25, 0.3) is 0 Å². The summed E-state index contributed by atoms with van der Waals surface area (Å²) in [6.45, 7) is 5.91. The molecule has 6 rings (SSSR count). The van der Waals surface area contributed by atoms with Crippen LogP contribution in [0.15, 0.2) is 30.5 Å². The Balaban J connectivity index is 1.19. The van der Waals surface area contributed by atoms with Crippen molar-refractivity contribution in [3.8, 4) is 0 Å². The van der Waals surface area contributed by atoms with Gasteiger partial charge in [-0.25, -0.2) is 9.59 Å². The third-order valence-electron chi connectivity index (χ3n) is 9.41. The molecule has 40 heavy (non-hydrogen) atoms. The Morgan fingerprint density at radius 1 is 1.00 bits per heavy atom. The first-order valence-corrected chi connectivity index (χ1v) is 14.2. The second kappa shape index (κ2) is 10.4. The number of carbonyl (C=O) groups excluding carboxylic acids is 1. The maximum Gasteiger partial charge on any atom is 0.416 e. The van der Waals surface area contributed by atoms with Crippen LogP contribution in [0.25, 0.3) is 0 Å². The number of fused-ring (bicyclic) bond motifs is 1. The summed E-state index contributed by atoms with van der Waals surface area (Å²) in [5.41, 5.74) is 0.733. The van der Waals surface area contributed by atoms with Gasteiger partial charge in [-0.3, -0.25) is 9.80 Å². The number of hydrogen-bond acceptors (Lipinski definition) is 6. The molecule has 0 bridgehead atoms. The van der Waals surface area contributed by atoms with Crippen molar-refractivity contribution in [2.24, 2.45) is 0 Å². The van der Waals surface area contributed by atoms with Crippen LogP contribution < -0.4 is 4.90 Å². The van der Waals surface area contributed by atoms with Gasteiger partial charge in [-0.1, -0.05) is 6.07 Å². The van der Waals surface area contributed by atoms with Crippen LogP contribution in [-0.4, -0.2) is 99.0 Å². The van der Waals surface area contributed by atoms with Gasteiger partial charge in [0.2, 0.25) is 0 Å². The molecule has 1 aromatic heterocycles. The number of carboxylic acids is 1. The largest absolute Gasteiger partial charge is 0.476 e. The first-order chi connectivity index (χ1) is 19.1. The fourth-order valence-electron chi connectivity index (χ4n) is 7.19. The molecule has 1 atom stereocenters. The molecule has 0 radical (unpaired) electrons. The Bertz CT molecular complexity index is 1270. The monoisotopic (exact) mass is 560 g/mol. The number of carboxylic acid groups (broad SMARTS) is 1. The number of piperazine rings is 1. The lowest BCUT2D eigenvalue weighted by Crippen LogP contribution is -2.54. The number of nitrogens with zero attached hydrogens (tertiary/aromatic N) is 6. The number of alkyl halides is 3. The first kappa shape index (κ1) is 27.1. The van der Waals surface area contributed by atoms with E-state index >= 15 is 0 Å². The van der Waals surface area contributed by atoms with E-state index < -0.39 is 17.7 Å². The Labute approximate surface area is 231 Å². The van der Waals surface area contributed by atoms with Gasteiger partial charge in [0.15, 0.2) is 5.69 Å². The molecule has 4 fully saturated rings. The highest BCUT2D eigenvalue weighted by atomic mass is 19.4. The molecule has 1 spiro atoms. The topological polar surface area (TPSA) is 85.1 Å². The molecule has 4 aliphatic rings. The zero-order valence-electron chi connectivity index (χ0n) is 22.4. The molecule has 1 aromatic carbocycles. The number of aromatic carboxylic acids is 1. The number of aromatic nitrogens is 2. The van der Waals surface area contributed by atoms with Gasteiger partial charge < -0.3 is 14.9 Å². The fourth-order valence-corrected chi connectivity index (χ4v) is 7.19. The highest BCUT2D eigenvalue weighted by Crippen LogP contribution is 2.42. The smallest absolute Gasteiger partial charge is 0.416 e. The number of benzene rings is 1. The lowest BCUT2D eigenvalue weighted by atomic mass is 9.84. The predicted molar refractivity (Wildman–Crippen MR) is 141 cm³/mol. The van der Waals surface area contributed by atoms with Gasteiger partial charge in [-0.05, 0) is 75.4 Å². The third-order valence-corrected chi connectivity index (χ3v) is 9.41. The molecule has 5 heterocycles. The Kier molecular flexibility index (Phi) is 7.02. The predicted octanol–water partition coefficient (Wildman–Crippen LogP) is 3.98. The van der Waals surface area contributed by atoms with Crippen LogP contribution >= 0.6 is 0 Å². The molecule has 0 saturated carbocycles. The molecule has 0 aliphatic carbocycles. The van der Waals surface area contributed by atoms with E-state index in [2.05, 4.69) is 19.8 Å². The fraction of sp³-hybridized carbons (Fsp3) is 0.607. The highest BCUT2D eigenvalue weighted by molar-refractivity contribution is 5.86. The lowest BCUT2D eigenvalue weighted by molar-refractivity contribution is -0.137. The second-order valence-corrected chi connectivity index (χ2v) is 11.6. The number of halogens is 3. The van der Waals surface area contributed by atoms with E-state index in [-0.39, 0.29) is 17.3 Å². The zero-order valence-corrected chi connectivity index (χ0v) is 22.4. The minimum absolute atomic E-state index is 0.114. The van der Waals surface area contributed by atoms with Gasteiger partial charge in [-0.2, -0.15) is 23.0 Å². The van der Waals surface area contributed by atoms with Gasteiger partial charge >= 0.3 is 18.2 Å². The number of anilines is 1. The highest BCUT2D eigenvalue weighted by Gasteiger charge is 2.44. The van der Waals surface area contributed by atoms with Crippen molar-refractivity contribution in [1.82, 2.24) is 24.5 Å². The first-order valence-electron chi connectivity index (χ1n) is 14.2. The van der Waals surface area contributed by atoms with E-state index in [1.165, 1.54) is 24.4 Å². The van der Waals surface area contributed by atoms with Crippen molar-refractivity contribution in [3.63, 3.8) is 0 Å². The minimum atomic E-state index is -4.39. The van der Waals surface area contributed by atoms with Gasteiger partial charge in [0.1, 0.15) is 0 Å². The zero-order chi connectivity index (χ0) is 28.1. The maximum atomic E-state index is 13.7. The minimum Gasteiger partial charge on any atom is -0.476 e. The number of hydrogen-bond donors (Lipinski definition) is 1. The number of piperidine rings is 1. The summed E-state index contributed by atoms with van der Waals surface area (Å²) in [6.07, 6.45) is 2.70. The van der Waals surface area contributed by atoms with Crippen LogP contribution in [0.1, 0.15) is 60.1 Å². The molecule has 2 aromatic rings. The van der Waals surface area contributed by atoms with E-state index in [4.69, 9.17) is 5.11 Å². The van der Waals surface area contributed by atoms with Gasteiger partial charge in [0.05, 0.1) is 5.56 Å². The van der Waals surface area contributed by atoms with Crippen molar-refractivity contribution >= 4 is 17.7 Å². The average molecular weight is 561 g/mol. The molecule has 1 amide bonds. The molecule has 4 saturated heterocycles. The van der Waals surface area contributed by atoms with Crippen molar-refractivity contribution < 1.29 is 27.9 Å². The molecule has 12 heteroatoms. The number of likely N-dealkylation sites (tertiary alicyclic amines) is 2. The normalized spacial score (nSPS) is 23.6. The average Bonchev–Trinajstić information content (AvgIpc) is 3.69. The summed E-state index contributed by atoms with van der Waals surface area (Å²) in [5.74, 6) is -1.18. The van der Waals surface area contributed by atoms with Crippen molar-refractivity contribution in [1.29, 1.82) is 0 Å². The van der Waals surface area contributed by atoms with E-state index in [9.17, 15) is 22.8 Å². The van der Waals surface area contributed by atoms with Crippen LogP contribution in [-0.2, 0) is 12.7 Å². The molecule has 4 aliphatic heterocycles. The summed E-state index contributed by atoms with van der Waals surface area (Å²) in [6, 6.07) is 5.59. The van der Waals surface area contributed by atoms with Crippen molar-refractivity contribution in [2.75, 3.05) is 50.7 Å². The van der Waals surface area contributed by atoms with Crippen LogP contribution in [0.5, 0.6) is 0 Å². The summed E-state index contributed by atoms with van der Waals surface area (Å²) in [5, 5.41) is 13.0. The van der Waals surface area contributed by atoms with Crippen LogP contribution in [0.4, 0.5) is 23.7 Å². The molecular formula is C28H35F3N6O3. The van der Waals surface area contributed by atoms with E-state index in [0.29, 0.717) is 31.4 Å². The number of rotatable bonds is 4. The maximum absolute atomic E-state index is 13.7.